The largest absolute Gasteiger partial charge is 0.395 e. The zero-order valence-corrected chi connectivity index (χ0v) is 21.5. The Balaban J connectivity index is 1.48. The molecule has 1 aliphatic heterocycles. The van der Waals surface area contributed by atoms with Gasteiger partial charge in [0.2, 0.25) is 0 Å². The van der Waals surface area contributed by atoms with Gasteiger partial charge in [-0.05, 0) is 94.7 Å². The zero-order chi connectivity index (χ0) is 25.4. The Morgan fingerprint density at radius 2 is 1.97 bits per heavy atom. The molecule has 192 valence electrons. The average Bonchev–Trinajstić information content (AvgIpc) is 3.53. The Kier molecular flexibility index (Phi) is 7.13. The second-order valence-corrected chi connectivity index (χ2v) is 10.7. The van der Waals surface area contributed by atoms with E-state index in [4.69, 9.17) is 0 Å². The van der Waals surface area contributed by atoms with E-state index in [1.807, 2.05) is 30.8 Å². The second kappa shape index (κ2) is 10.3. The van der Waals surface area contributed by atoms with Crippen LogP contribution in [0, 0.1) is 5.82 Å². The maximum Gasteiger partial charge on any atom is 0.256 e. The number of benzene rings is 1. The van der Waals surface area contributed by atoms with Gasteiger partial charge in [0, 0.05) is 43.0 Å². The molecule has 0 spiro atoms. The van der Waals surface area contributed by atoms with Crippen molar-refractivity contribution in [3.8, 4) is 5.69 Å². The van der Waals surface area contributed by atoms with E-state index < -0.39 is 5.82 Å². The standard InChI is InChI=1S/C29H37FN4O2/c1-19(2)32(3)29(36)25-15-21(30)8-11-27(25)34-17-26(24-12-13-31-16-28(24)34)20-6-9-22(10-7-20)33-14-4-5-23(33)18-35/h8,11-13,15-17,19-20,22-23,35H,4-7,9-10,14,18H2,1-3H3/t20-,22-,23-/m0/s1. The van der Waals surface area contributed by atoms with Crippen LogP contribution in [-0.4, -0.2) is 68.7 Å². The molecule has 0 radical (unpaired) electrons. The predicted octanol–water partition coefficient (Wildman–Crippen LogP) is 5.13. The van der Waals surface area contributed by atoms with Crippen LogP contribution >= 0.6 is 0 Å². The summed E-state index contributed by atoms with van der Waals surface area (Å²) in [5, 5.41) is 10.9. The van der Waals surface area contributed by atoms with Crippen molar-refractivity contribution < 1.29 is 14.3 Å². The molecule has 1 saturated carbocycles. The van der Waals surface area contributed by atoms with Gasteiger partial charge >= 0.3 is 0 Å². The molecular formula is C29H37FN4O2. The fourth-order valence-electron chi connectivity index (χ4n) is 6.19. The molecule has 1 saturated heterocycles. The number of likely N-dealkylation sites (tertiary alicyclic amines) is 1. The number of fused-ring (bicyclic) bond motifs is 1. The predicted molar refractivity (Wildman–Crippen MR) is 140 cm³/mol. The van der Waals surface area contributed by atoms with Gasteiger partial charge in [0.1, 0.15) is 5.82 Å². The Hall–Kier alpha value is -2.77. The van der Waals surface area contributed by atoms with E-state index in [0.29, 0.717) is 29.3 Å². The number of hydrogen-bond acceptors (Lipinski definition) is 4. The highest BCUT2D eigenvalue weighted by molar-refractivity contribution is 5.99. The summed E-state index contributed by atoms with van der Waals surface area (Å²) in [4.78, 5) is 21.8. The quantitative estimate of drug-likeness (QED) is 0.518. The van der Waals surface area contributed by atoms with Gasteiger partial charge in [-0.3, -0.25) is 14.7 Å². The Morgan fingerprint density at radius 1 is 1.19 bits per heavy atom. The van der Waals surface area contributed by atoms with E-state index in [-0.39, 0.29) is 18.6 Å². The summed E-state index contributed by atoms with van der Waals surface area (Å²) in [7, 11) is 1.75. The Labute approximate surface area is 212 Å². The lowest BCUT2D eigenvalue weighted by molar-refractivity contribution is 0.0754. The van der Waals surface area contributed by atoms with Crippen LogP contribution < -0.4 is 0 Å². The number of carbonyl (C=O) groups excluding carboxylic acids is 1. The minimum absolute atomic E-state index is 0.00322. The number of rotatable bonds is 6. The lowest BCUT2D eigenvalue weighted by Crippen LogP contribution is -2.42. The number of amides is 1. The first kappa shape index (κ1) is 24.9. The summed E-state index contributed by atoms with van der Waals surface area (Å²) < 4.78 is 16.3. The molecule has 2 aliphatic rings. The number of aliphatic hydroxyl groups is 1. The van der Waals surface area contributed by atoms with Crippen LogP contribution in [0.1, 0.15) is 74.2 Å². The van der Waals surface area contributed by atoms with Crippen molar-refractivity contribution >= 4 is 16.8 Å². The molecule has 1 aliphatic carbocycles. The van der Waals surface area contributed by atoms with E-state index >= 15 is 0 Å². The van der Waals surface area contributed by atoms with Crippen LogP contribution in [0.15, 0.2) is 42.9 Å². The monoisotopic (exact) mass is 492 g/mol. The van der Waals surface area contributed by atoms with E-state index in [1.54, 1.807) is 18.0 Å². The first-order valence-electron chi connectivity index (χ1n) is 13.3. The molecule has 1 aromatic carbocycles. The van der Waals surface area contributed by atoms with Gasteiger partial charge < -0.3 is 14.6 Å². The summed E-state index contributed by atoms with van der Waals surface area (Å²) in [6, 6.07) is 7.39. The normalized spacial score (nSPS) is 23.0. The number of halogens is 1. The Bertz CT molecular complexity index is 1230. The van der Waals surface area contributed by atoms with Gasteiger partial charge in [-0.25, -0.2) is 4.39 Å². The van der Waals surface area contributed by atoms with Gasteiger partial charge in [0.15, 0.2) is 0 Å². The molecule has 3 aromatic rings. The average molecular weight is 493 g/mol. The number of aliphatic hydroxyl groups excluding tert-OH is 1. The molecule has 1 amide bonds. The molecular weight excluding hydrogens is 455 g/mol. The van der Waals surface area contributed by atoms with Crippen LogP contribution in [0.4, 0.5) is 4.39 Å². The topological polar surface area (TPSA) is 61.6 Å². The zero-order valence-electron chi connectivity index (χ0n) is 21.5. The third-order valence-corrected chi connectivity index (χ3v) is 8.42. The number of carbonyl (C=O) groups is 1. The van der Waals surface area contributed by atoms with Crippen molar-refractivity contribution in [3.05, 3.63) is 59.8 Å². The smallest absolute Gasteiger partial charge is 0.256 e. The minimum Gasteiger partial charge on any atom is -0.395 e. The maximum absolute atomic E-state index is 14.3. The third kappa shape index (κ3) is 4.55. The van der Waals surface area contributed by atoms with E-state index in [1.165, 1.54) is 24.1 Å². The molecule has 36 heavy (non-hydrogen) atoms. The van der Waals surface area contributed by atoms with E-state index in [9.17, 15) is 14.3 Å². The summed E-state index contributed by atoms with van der Waals surface area (Å²) in [6.45, 7) is 5.25. The van der Waals surface area contributed by atoms with Crippen molar-refractivity contribution in [2.24, 2.45) is 0 Å². The number of aromatic nitrogens is 2. The van der Waals surface area contributed by atoms with Crippen LogP contribution in [0.3, 0.4) is 0 Å². The van der Waals surface area contributed by atoms with Crippen LogP contribution in [0.2, 0.25) is 0 Å². The Morgan fingerprint density at radius 3 is 2.69 bits per heavy atom. The molecule has 2 fully saturated rings. The number of nitrogens with zero attached hydrogens (tertiary/aromatic N) is 4. The minimum atomic E-state index is -0.421. The highest BCUT2D eigenvalue weighted by atomic mass is 19.1. The third-order valence-electron chi connectivity index (χ3n) is 8.42. The van der Waals surface area contributed by atoms with Crippen LogP contribution in [-0.2, 0) is 0 Å². The van der Waals surface area contributed by atoms with Crippen molar-refractivity contribution in [1.29, 1.82) is 0 Å². The summed E-state index contributed by atoms with van der Waals surface area (Å²) >= 11 is 0. The van der Waals surface area contributed by atoms with E-state index in [2.05, 4.69) is 22.1 Å². The van der Waals surface area contributed by atoms with Gasteiger partial charge in [-0.15, -0.1) is 0 Å². The highest BCUT2D eigenvalue weighted by Gasteiger charge is 2.34. The molecule has 3 heterocycles. The second-order valence-electron chi connectivity index (χ2n) is 10.7. The molecule has 0 unspecified atom stereocenters. The highest BCUT2D eigenvalue weighted by Crippen LogP contribution is 2.41. The van der Waals surface area contributed by atoms with Crippen molar-refractivity contribution in [3.63, 3.8) is 0 Å². The lowest BCUT2D eigenvalue weighted by Gasteiger charge is -2.37. The first-order chi connectivity index (χ1) is 17.4. The summed E-state index contributed by atoms with van der Waals surface area (Å²) in [5.41, 5.74) is 3.23. The fourth-order valence-corrected chi connectivity index (χ4v) is 6.19. The van der Waals surface area contributed by atoms with Gasteiger partial charge in [-0.1, -0.05) is 0 Å². The van der Waals surface area contributed by atoms with Crippen LogP contribution in [0.5, 0.6) is 0 Å². The first-order valence-corrected chi connectivity index (χ1v) is 13.3. The van der Waals surface area contributed by atoms with Gasteiger partial charge in [-0.2, -0.15) is 0 Å². The summed E-state index contributed by atoms with van der Waals surface area (Å²) in [6.07, 6.45) is 12.5. The fraction of sp³-hybridized carbons (Fsp3) is 0.517. The molecule has 1 atom stereocenters. The van der Waals surface area contributed by atoms with Crippen molar-refractivity contribution in [1.82, 2.24) is 19.4 Å². The van der Waals surface area contributed by atoms with E-state index in [0.717, 1.165) is 49.6 Å². The van der Waals surface area contributed by atoms with Crippen molar-refractivity contribution in [2.45, 2.75) is 76.4 Å². The van der Waals surface area contributed by atoms with Crippen LogP contribution in [0.25, 0.3) is 16.6 Å². The lowest BCUT2D eigenvalue weighted by atomic mass is 9.81. The molecule has 0 bridgehead atoms. The van der Waals surface area contributed by atoms with Gasteiger partial charge in [0.25, 0.3) is 5.91 Å². The molecule has 6 nitrogen and oxygen atoms in total. The molecule has 5 rings (SSSR count). The number of pyridine rings is 1. The molecule has 1 N–H and O–H groups in total. The van der Waals surface area contributed by atoms with Gasteiger partial charge in [0.05, 0.1) is 29.6 Å². The molecule has 7 heteroatoms. The SMILES string of the molecule is CC(C)N(C)C(=O)c1cc(F)ccc1-n1cc([C@H]2CC[C@H](N3CCC[C@H]3CO)CC2)c2ccncc21. The molecule has 2 aromatic heterocycles. The number of hydrogen-bond donors (Lipinski definition) is 1. The maximum atomic E-state index is 14.3. The van der Waals surface area contributed by atoms with Crippen molar-refractivity contribution in [2.75, 3.05) is 20.2 Å². The summed E-state index contributed by atoms with van der Waals surface area (Å²) in [5.74, 6) is -0.202.